The second-order valence-electron chi connectivity index (χ2n) is 3.81. The zero-order chi connectivity index (χ0) is 12.3. The predicted molar refractivity (Wildman–Crippen MR) is 63.1 cm³/mol. The number of benzene rings is 1. The Hall–Kier alpha value is -2.17. The Morgan fingerprint density at radius 1 is 1.35 bits per heavy atom. The van der Waals surface area contributed by atoms with Crippen molar-refractivity contribution in [3.05, 3.63) is 48.0 Å². The van der Waals surface area contributed by atoms with Crippen LogP contribution < -0.4 is 0 Å². The number of rotatable bonds is 3. The monoisotopic (exact) mass is 230 g/mol. The molecule has 5 nitrogen and oxygen atoms in total. The van der Waals surface area contributed by atoms with Crippen LogP contribution in [0.3, 0.4) is 0 Å². The molecule has 1 amide bonds. The van der Waals surface area contributed by atoms with Crippen molar-refractivity contribution in [1.29, 1.82) is 0 Å². The molecular formula is C12H14N4O. The molecule has 0 saturated carbocycles. The van der Waals surface area contributed by atoms with Crippen molar-refractivity contribution in [2.75, 3.05) is 7.05 Å². The molecule has 1 unspecified atom stereocenters. The number of carbonyl (C=O) groups excluding carboxylic acids is 1. The summed E-state index contributed by atoms with van der Waals surface area (Å²) in [7, 11) is 1.75. The number of hydrogen-bond donors (Lipinski definition) is 1. The maximum atomic E-state index is 11.5. The fourth-order valence-corrected chi connectivity index (χ4v) is 1.73. The van der Waals surface area contributed by atoms with Gasteiger partial charge in [0.15, 0.2) is 5.82 Å². The Bertz CT molecular complexity index is 480. The highest BCUT2D eigenvalue weighted by molar-refractivity contribution is 5.73. The number of nitrogens with zero attached hydrogens (tertiary/aromatic N) is 3. The van der Waals surface area contributed by atoms with E-state index in [1.807, 2.05) is 30.3 Å². The van der Waals surface area contributed by atoms with Gasteiger partial charge in [0, 0.05) is 14.0 Å². The normalized spacial score (nSPS) is 12.1. The minimum absolute atomic E-state index is 0.0183. The molecule has 0 aliphatic carbocycles. The van der Waals surface area contributed by atoms with E-state index in [4.69, 9.17) is 0 Å². The van der Waals surface area contributed by atoms with E-state index in [0.29, 0.717) is 5.82 Å². The van der Waals surface area contributed by atoms with Gasteiger partial charge in [0.2, 0.25) is 5.91 Å². The quantitative estimate of drug-likeness (QED) is 0.866. The van der Waals surface area contributed by atoms with E-state index in [1.165, 1.54) is 13.3 Å². The fraction of sp³-hybridized carbons (Fsp3) is 0.250. The second-order valence-corrected chi connectivity index (χ2v) is 3.81. The molecule has 0 spiro atoms. The molecule has 0 aliphatic heterocycles. The molecule has 1 aromatic heterocycles. The van der Waals surface area contributed by atoms with Gasteiger partial charge in [0.05, 0.1) is 0 Å². The summed E-state index contributed by atoms with van der Waals surface area (Å²) in [6.45, 7) is 1.53. The van der Waals surface area contributed by atoms with E-state index in [1.54, 1.807) is 11.9 Å². The maximum absolute atomic E-state index is 11.5. The maximum Gasteiger partial charge on any atom is 0.220 e. The van der Waals surface area contributed by atoms with E-state index in [-0.39, 0.29) is 11.9 Å². The van der Waals surface area contributed by atoms with Crippen LogP contribution in [0.15, 0.2) is 36.7 Å². The average molecular weight is 230 g/mol. The molecule has 88 valence electrons. The molecule has 0 aliphatic rings. The molecule has 0 radical (unpaired) electrons. The van der Waals surface area contributed by atoms with Crippen molar-refractivity contribution in [2.24, 2.45) is 0 Å². The molecule has 5 heteroatoms. The zero-order valence-electron chi connectivity index (χ0n) is 9.79. The zero-order valence-corrected chi connectivity index (χ0v) is 9.79. The summed E-state index contributed by atoms with van der Waals surface area (Å²) in [5.74, 6) is 0.643. The Morgan fingerprint density at radius 3 is 2.59 bits per heavy atom. The fourth-order valence-electron chi connectivity index (χ4n) is 1.73. The van der Waals surface area contributed by atoms with E-state index >= 15 is 0 Å². The summed E-state index contributed by atoms with van der Waals surface area (Å²) >= 11 is 0. The van der Waals surface area contributed by atoms with Crippen molar-refractivity contribution < 1.29 is 4.79 Å². The lowest BCUT2D eigenvalue weighted by Gasteiger charge is -2.25. The van der Waals surface area contributed by atoms with Gasteiger partial charge in [-0.1, -0.05) is 30.3 Å². The first-order valence-corrected chi connectivity index (χ1v) is 5.33. The van der Waals surface area contributed by atoms with Gasteiger partial charge in [0.1, 0.15) is 12.4 Å². The summed E-state index contributed by atoms with van der Waals surface area (Å²) in [6, 6.07) is 9.52. The Balaban J connectivity index is 2.42. The summed E-state index contributed by atoms with van der Waals surface area (Å²) in [5, 5.41) is 6.65. The number of H-pyrrole nitrogens is 1. The van der Waals surface area contributed by atoms with Crippen molar-refractivity contribution in [3.63, 3.8) is 0 Å². The first-order chi connectivity index (χ1) is 8.20. The van der Waals surface area contributed by atoms with E-state index in [0.717, 1.165) is 5.56 Å². The standard InChI is InChI=1S/C12H14N4O/c1-9(17)16(2)11(12-13-8-14-15-12)10-6-4-3-5-7-10/h3-8,11H,1-2H3,(H,13,14,15). The minimum Gasteiger partial charge on any atom is -0.332 e. The highest BCUT2D eigenvalue weighted by atomic mass is 16.2. The summed E-state index contributed by atoms with van der Waals surface area (Å²) in [4.78, 5) is 17.3. The van der Waals surface area contributed by atoms with E-state index in [2.05, 4.69) is 15.2 Å². The highest BCUT2D eigenvalue weighted by Gasteiger charge is 2.23. The van der Waals surface area contributed by atoms with Gasteiger partial charge in [0.25, 0.3) is 0 Å². The SMILES string of the molecule is CC(=O)N(C)C(c1ccccc1)c1ncn[nH]1. The number of aromatic nitrogens is 3. The summed E-state index contributed by atoms with van der Waals surface area (Å²) < 4.78 is 0. The van der Waals surface area contributed by atoms with Gasteiger partial charge >= 0.3 is 0 Å². The van der Waals surface area contributed by atoms with Crippen molar-refractivity contribution in [2.45, 2.75) is 13.0 Å². The number of carbonyl (C=O) groups is 1. The topological polar surface area (TPSA) is 61.9 Å². The first kappa shape index (κ1) is 11.3. The third-order valence-corrected chi connectivity index (χ3v) is 2.69. The smallest absolute Gasteiger partial charge is 0.220 e. The van der Waals surface area contributed by atoms with Crippen LogP contribution in [-0.2, 0) is 4.79 Å². The lowest BCUT2D eigenvalue weighted by atomic mass is 10.1. The van der Waals surface area contributed by atoms with Crippen LogP contribution in [-0.4, -0.2) is 33.0 Å². The molecule has 0 fully saturated rings. The number of amides is 1. The average Bonchev–Trinajstić information content (AvgIpc) is 2.84. The van der Waals surface area contributed by atoms with Crippen LogP contribution in [0.5, 0.6) is 0 Å². The third kappa shape index (κ3) is 2.33. The first-order valence-electron chi connectivity index (χ1n) is 5.33. The highest BCUT2D eigenvalue weighted by Crippen LogP contribution is 2.24. The van der Waals surface area contributed by atoms with Crippen molar-refractivity contribution >= 4 is 5.91 Å². The van der Waals surface area contributed by atoms with Crippen LogP contribution >= 0.6 is 0 Å². The molecule has 1 heterocycles. The number of hydrogen-bond acceptors (Lipinski definition) is 3. The predicted octanol–water partition coefficient (Wildman–Crippen LogP) is 1.37. The van der Waals surface area contributed by atoms with Crippen LogP contribution in [0.1, 0.15) is 24.4 Å². The Kier molecular flexibility index (Phi) is 3.18. The van der Waals surface area contributed by atoms with Gasteiger partial charge in [-0.15, -0.1) is 0 Å². The second kappa shape index (κ2) is 4.78. The van der Waals surface area contributed by atoms with Gasteiger partial charge in [-0.3, -0.25) is 9.89 Å². The van der Waals surface area contributed by atoms with Gasteiger partial charge < -0.3 is 4.90 Å². The minimum atomic E-state index is -0.226. The lowest BCUT2D eigenvalue weighted by molar-refractivity contribution is -0.129. The van der Waals surface area contributed by atoms with Crippen LogP contribution in [0.25, 0.3) is 0 Å². The van der Waals surface area contributed by atoms with E-state index in [9.17, 15) is 4.79 Å². The molecular weight excluding hydrogens is 216 g/mol. The lowest BCUT2D eigenvalue weighted by Crippen LogP contribution is -2.30. The molecule has 0 saturated heterocycles. The van der Waals surface area contributed by atoms with Gasteiger partial charge in [-0.05, 0) is 5.56 Å². The van der Waals surface area contributed by atoms with Crippen molar-refractivity contribution in [1.82, 2.24) is 20.1 Å². The molecule has 1 aromatic carbocycles. The molecule has 2 aromatic rings. The Morgan fingerprint density at radius 2 is 2.06 bits per heavy atom. The van der Waals surface area contributed by atoms with Crippen LogP contribution in [0.2, 0.25) is 0 Å². The van der Waals surface area contributed by atoms with E-state index < -0.39 is 0 Å². The third-order valence-electron chi connectivity index (χ3n) is 2.69. The van der Waals surface area contributed by atoms with Gasteiger partial charge in [-0.2, -0.15) is 5.10 Å². The summed E-state index contributed by atoms with van der Waals surface area (Å²) in [5.41, 5.74) is 1.00. The Labute approximate surface area is 99.5 Å². The van der Waals surface area contributed by atoms with Crippen molar-refractivity contribution in [3.8, 4) is 0 Å². The van der Waals surface area contributed by atoms with Crippen LogP contribution in [0.4, 0.5) is 0 Å². The molecule has 1 N–H and O–H groups in total. The number of nitrogens with one attached hydrogen (secondary N) is 1. The molecule has 1 atom stereocenters. The molecule has 17 heavy (non-hydrogen) atoms. The van der Waals surface area contributed by atoms with Crippen LogP contribution in [0, 0.1) is 0 Å². The summed E-state index contributed by atoms with van der Waals surface area (Å²) in [6.07, 6.45) is 1.44. The molecule has 2 rings (SSSR count). The molecule has 0 bridgehead atoms. The largest absolute Gasteiger partial charge is 0.332 e. The number of aromatic amines is 1. The van der Waals surface area contributed by atoms with Gasteiger partial charge in [-0.25, -0.2) is 4.98 Å².